The number of fused-ring (bicyclic) bond motifs is 1. The molecule has 0 unspecified atom stereocenters. The number of Topliss-reactive ketones (excluding diaryl/α,β-unsaturated/α-hetero) is 1. The van der Waals surface area contributed by atoms with Gasteiger partial charge in [0.1, 0.15) is 0 Å². The maximum Gasteiger partial charge on any atom is 0.161 e. The van der Waals surface area contributed by atoms with Crippen molar-refractivity contribution in [2.24, 2.45) is 0 Å². The topological polar surface area (TPSA) is 30.0 Å². The fourth-order valence-electron chi connectivity index (χ4n) is 1.62. The number of aromatic nitrogens is 1. The second-order valence-corrected chi connectivity index (χ2v) is 3.24. The van der Waals surface area contributed by atoms with Gasteiger partial charge in [0.05, 0.1) is 0 Å². The number of carbonyl (C=O) groups excluding carboxylic acids is 1. The molecule has 1 aromatic heterocycles. The Labute approximate surface area is 71.6 Å². The van der Waals surface area contributed by atoms with Crippen molar-refractivity contribution in [3.05, 3.63) is 29.1 Å². The first-order valence-electron chi connectivity index (χ1n) is 4.26. The highest BCUT2D eigenvalue weighted by Gasteiger charge is 2.13. The molecule has 1 aliphatic carbocycles. The Morgan fingerprint density at radius 1 is 1.50 bits per heavy atom. The highest BCUT2D eigenvalue weighted by atomic mass is 16.1. The van der Waals surface area contributed by atoms with Crippen LogP contribution in [0.25, 0.3) is 0 Å². The van der Waals surface area contributed by atoms with Crippen LogP contribution < -0.4 is 0 Å². The van der Waals surface area contributed by atoms with Gasteiger partial charge in [-0.15, -0.1) is 0 Å². The van der Waals surface area contributed by atoms with Crippen molar-refractivity contribution in [1.29, 1.82) is 0 Å². The first-order chi connectivity index (χ1) is 5.77. The Hall–Kier alpha value is -1.18. The zero-order chi connectivity index (χ0) is 8.55. The highest BCUT2D eigenvalue weighted by molar-refractivity contribution is 5.93. The van der Waals surface area contributed by atoms with Crippen molar-refractivity contribution in [3.63, 3.8) is 0 Å². The van der Waals surface area contributed by atoms with Crippen molar-refractivity contribution in [1.82, 2.24) is 4.98 Å². The van der Waals surface area contributed by atoms with Crippen LogP contribution in [-0.4, -0.2) is 10.8 Å². The summed E-state index contributed by atoms with van der Waals surface area (Å²) in [6, 6.07) is 1.98. The third-order valence-corrected chi connectivity index (χ3v) is 2.33. The second kappa shape index (κ2) is 2.70. The van der Waals surface area contributed by atoms with E-state index < -0.39 is 0 Å². The normalized spacial score (nSPS) is 14.4. The van der Waals surface area contributed by atoms with Gasteiger partial charge in [0.25, 0.3) is 0 Å². The Morgan fingerprint density at radius 2 is 2.33 bits per heavy atom. The van der Waals surface area contributed by atoms with Crippen LogP contribution in [0.4, 0.5) is 0 Å². The molecule has 0 saturated heterocycles. The van der Waals surface area contributed by atoms with E-state index in [9.17, 15) is 4.79 Å². The minimum absolute atomic E-state index is 0.109. The molecule has 0 fully saturated rings. The lowest BCUT2D eigenvalue weighted by molar-refractivity contribution is 0.101. The minimum Gasteiger partial charge on any atom is -0.294 e. The van der Waals surface area contributed by atoms with Crippen molar-refractivity contribution < 1.29 is 4.79 Å². The first kappa shape index (κ1) is 7.47. The quantitative estimate of drug-likeness (QED) is 0.587. The van der Waals surface area contributed by atoms with E-state index in [0.29, 0.717) is 0 Å². The van der Waals surface area contributed by atoms with Gasteiger partial charge in [0.15, 0.2) is 5.78 Å². The van der Waals surface area contributed by atoms with E-state index in [1.807, 2.05) is 6.07 Å². The molecule has 2 heteroatoms. The number of pyridine rings is 1. The van der Waals surface area contributed by atoms with E-state index in [2.05, 4.69) is 4.98 Å². The zero-order valence-electron chi connectivity index (χ0n) is 7.13. The molecule has 12 heavy (non-hydrogen) atoms. The van der Waals surface area contributed by atoms with Crippen LogP contribution in [-0.2, 0) is 12.8 Å². The number of aryl methyl sites for hydroxylation is 2. The molecule has 0 bridgehead atoms. The monoisotopic (exact) mass is 161 g/mol. The molecule has 62 valence electrons. The van der Waals surface area contributed by atoms with E-state index in [1.165, 1.54) is 17.7 Å². The average molecular weight is 161 g/mol. The smallest absolute Gasteiger partial charge is 0.161 e. The molecule has 2 nitrogen and oxygen atoms in total. The third-order valence-electron chi connectivity index (χ3n) is 2.33. The second-order valence-electron chi connectivity index (χ2n) is 3.24. The minimum atomic E-state index is 0.109. The largest absolute Gasteiger partial charge is 0.294 e. The van der Waals surface area contributed by atoms with E-state index in [4.69, 9.17) is 0 Å². The summed E-state index contributed by atoms with van der Waals surface area (Å²) in [5.41, 5.74) is 3.19. The van der Waals surface area contributed by atoms with Gasteiger partial charge in [-0.1, -0.05) is 0 Å². The van der Waals surface area contributed by atoms with Crippen molar-refractivity contribution >= 4 is 5.78 Å². The predicted molar refractivity (Wildman–Crippen MR) is 46.3 cm³/mol. The molecule has 1 aromatic rings. The third kappa shape index (κ3) is 1.13. The van der Waals surface area contributed by atoms with Crippen molar-refractivity contribution in [2.75, 3.05) is 0 Å². The molecule has 0 atom stereocenters. The summed E-state index contributed by atoms with van der Waals surface area (Å²) >= 11 is 0. The van der Waals surface area contributed by atoms with Crippen LogP contribution in [0.1, 0.15) is 35.0 Å². The van der Waals surface area contributed by atoms with Gasteiger partial charge < -0.3 is 0 Å². The zero-order valence-corrected chi connectivity index (χ0v) is 7.13. The van der Waals surface area contributed by atoms with Gasteiger partial charge in [-0.3, -0.25) is 9.78 Å². The predicted octanol–water partition coefficient (Wildman–Crippen LogP) is 1.77. The fraction of sp³-hybridized carbons (Fsp3) is 0.400. The van der Waals surface area contributed by atoms with E-state index >= 15 is 0 Å². The molecule has 0 amide bonds. The Balaban J connectivity index is 2.45. The van der Waals surface area contributed by atoms with Gasteiger partial charge in [0, 0.05) is 17.5 Å². The van der Waals surface area contributed by atoms with Gasteiger partial charge >= 0.3 is 0 Å². The Kier molecular flexibility index (Phi) is 1.68. The molecule has 0 spiro atoms. The van der Waals surface area contributed by atoms with E-state index in [0.717, 1.165) is 18.4 Å². The lowest BCUT2D eigenvalue weighted by atomic mass is 10.1. The molecule has 0 aromatic carbocycles. The van der Waals surface area contributed by atoms with Crippen LogP contribution >= 0.6 is 0 Å². The lowest BCUT2D eigenvalue weighted by Gasteiger charge is -1.99. The summed E-state index contributed by atoms with van der Waals surface area (Å²) in [7, 11) is 0. The lowest BCUT2D eigenvalue weighted by Crippen LogP contribution is -1.96. The first-order valence-corrected chi connectivity index (χ1v) is 4.26. The molecule has 0 saturated carbocycles. The van der Waals surface area contributed by atoms with Crippen LogP contribution in [0.15, 0.2) is 12.3 Å². The van der Waals surface area contributed by atoms with E-state index in [-0.39, 0.29) is 5.78 Å². The number of hydrogen-bond donors (Lipinski definition) is 0. The van der Waals surface area contributed by atoms with Gasteiger partial charge in [-0.2, -0.15) is 0 Å². The Bertz CT molecular complexity index is 331. The summed E-state index contributed by atoms with van der Waals surface area (Å²) in [5.74, 6) is 0.109. The molecule has 0 N–H and O–H groups in total. The molecule has 2 rings (SSSR count). The number of hydrogen-bond acceptors (Lipinski definition) is 2. The van der Waals surface area contributed by atoms with Gasteiger partial charge in [-0.25, -0.2) is 0 Å². The van der Waals surface area contributed by atoms with Crippen LogP contribution in [0.2, 0.25) is 0 Å². The highest BCUT2D eigenvalue weighted by Crippen LogP contribution is 2.20. The molecule has 1 aliphatic rings. The maximum atomic E-state index is 11.0. The van der Waals surface area contributed by atoms with Gasteiger partial charge in [0.2, 0.25) is 0 Å². The summed E-state index contributed by atoms with van der Waals surface area (Å²) < 4.78 is 0. The number of carbonyl (C=O) groups is 1. The average Bonchev–Trinajstić information content (AvgIpc) is 2.49. The van der Waals surface area contributed by atoms with Crippen molar-refractivity contribution in [3.8, 4) is 0 Å². The summed E-state index contributed by atoms with van der Waals surface area (Å²) in [6.45, 7) is 1.58. The van der Waals surface area contributed by atoms with Crippen LogP contribution in [0.5, 0.6) is 0 Å². The molecule has 1 heterocycles. The number of rotatable bonds is 1. The Morgan fingerprint density at radius 3 is 3.08 bits per heavy atom. The molecule has 0 aliphatic heterocycles. The summed E-state index contributed by atoms with van der Waals surface area (Å²) in [6.07, 6.45) is 5.03. The van der Waals surface area contributed by atoms with E-state index in [1.54, 1.807) is 13.1 Å². The number of nitrogens with zero attached hydrogens (tertiary/aromatic N) is 1. The molecular formula is C10H11NO. The maximum absolute atomic E-state index is 11.0. The fourth-order valence-corrected chi connectivity index (χ4v) is 1.62. The standard InChI is InChI=1S/C10H11NO/c1-7(12)9-5-8-3-2-4-10(8)11-6-9/h5-6H,2-4H2,1H3. The van der Waals surface area contributed by atoms with Gasteiger partial charge in [-0.05, 0) is 37.8 Å². The summed E-state index contributed by atoms with van der Waals surface area (Å²) in [4.78, 5) is 15.3. The van der Waals surface area contributed by atoms with Crippen LogP contribution in [0, 0.1) is 0 Å². The van der Waals surface area contributed by atoms with Crippen molar-refractivity contribution in [2.45, 2.75) is 26.2 Å². The molecular weight excluding hydrogens is 150 g/mol. The molecule has 0 radical (unpaired) electrons. The SMILES string of the molecule is CC(=O)c1cnc2c(c1)CCC2. The number of ketones is 1. The summed E-state index contributed by atoms with van der Waals surface area (Å²) in [5, 5.41) is 0. The van der Waals surface area contributed by atoms with Crippen LogP contribution in [0.3, 0.4) is 0 Å².